The van der Waals surface area contributed by atoms with Gasteiger partial charge in [0.25, 0.3) is 5.91 Å². The maximum absolute atomic E-state index is 12.1. The van der Waals surface area contributed by atoms with E-state index < -0.39 is 10.8 Å². The van der Waals surface area contributed by atoms with Crippen molar-refractivity contribution in [3.8, 4) is 0 Å². The predicted octanol–water partition coefficient (Wildman–Crippen LogP) is 1.25. The first-order chi connectivity index (χ1) is 8.97. The normalized spacial score (nSPS) is 14.2. The van der Waals surface area contributed by atoms with Crippen LogP contribution in [-0.2, 0) is 10.8 Å². The van der Waals surface area contributed by atoms with Crippen LogP contribution in [0.1, 0.15) is 17.3 Å². The van der Waals surface area contributed by atoms with E-state index in [4.69, 9.17) is 5.73 Å². The van der Waals surface area contributed by atoms with Gasteiger partial charge >= 0.3 is 0 Å². The third kappa shape index (κ3) is 3.14. The molecule has 5 nitrogen and oxygen atoms in total. The van der Waals surface area contributed by atoms with Crippen molar-refractivity contribution >= 4 is 33.3 Å². The van der Waals surface area contributed by atoms with Crippen LogP contribution in [0.25, 0.3) is 10.9 Å². The summed E-state index contributed by atoms with van der Waals surface area (Å²) in [4.78, 5) is 15.2. The van der Waals surface area contributed by atoms with E-state index in [1.54, 1.807) is 24.6 Å². The van der Waals surface area contributed by atoms with Gasteiger partial charge in [-0.3, -0.25) is 9.00 Å². The molecule has 4 N–H and O–H groups in total. The van der Waals surface area contributed by atoms with Crippen molar-refractivity contribution in [2.24, 2.45) is 0 Å². The highest BCUT2D eigenvalue weighted by atomic mass is 32.2. The SMILES string of the molecule is CC(CS(C)=O)NC(=O)c1c[nH]c2cc(N)ccc12. The van der Waals surface area contributed by atoms with Crippen LogP contribution in [0.2, 0.25) is 0 Å². The van der Waals surface area contributed by atoms with Crippen LogP contribution >= 0.6 is 0 Å². The lowest BCUT2D eigenvalue weighted by Crippen LogP contribution is -2.36. The first-order valence-electron chi connectivity index (χ1n) is 5.95. The number of nitrogens with one attached hydrogen (secondary N) is 2. The molecule has 0 spiro atoms. The lowest BCUT2D eigenvalue weighted by atomic mass is 10.1. The minimum atomic E-state index is -0.928. The van der Waals surface area contributed by atoms with Gasteiger partial charge in [-0.05, 0) is 25.1 Å². The van der Waals surface area contributed by atoms with Gasteiger partial charge in [0.15, 0.2) is 0 Å². The van der Waals surface area contributed by atoms with Crippen LogP contribution in [-0.4, -0.2) is 33.2 Å². The molecule has 6 heteroatoms. The van der Waals surface area contributed by atoms with E-state index in [1.807, 2.05) is 13.0 Å². The first kappa shape index (κ1) is 13.6. The molecule has 102 valence electrons. The van der Waals surface area contributed by atoms with Crippen molar-refractivity contribution in [3.63, 3.8) is 0 Å². The summed E-state index contributed by atoms with van der Waals surface area (Å²) in [6, 6.07) is 5.24. The number of H-pyrrole nitrogens is 1. The van der Waals surface area contributed by atoms with E-state index in [9.17, 15) is 9.00 Å². The summed E-state index contributed by atoms with van der Waals surface area (Å²) in [5, 5.41) is 3.67. The molecule has 1 aromatic carbocycles. The lowest BCUT2D eigenvalue weighted by molar-refractivity contribution is 0.0945. The number of nitrogen functional groups attached to an aromatic ring is 1. The van der Waals surface area contributed by atoms with Crippen LogP contribution in [0.15, 0.2) is 24.4 Å². The Morgan fingerprint density at radius 1 is 1.53 bits per heavy atom. The summed E-state index contributed by atoms with van der Waals surface area (Å²) in [6.45, 7) is 1.84. The van der Waals surface area contributed by atoms with Gasteiger partial charge in [-0.25, -0.2) is 0 Å². The average Bonchev–Trinajstić information content (AvgIpc) is 2.70. The number of anilines is 1. The number of nitrogens with two attached hydrogens (primary N) is 1. The zero-order chi connectivity index (χ0) is 14.0. The molecule has 2 unspecified atom stereocenters. The van der Waals surface area contributed by atoms with E-state index in [0.717, 1.165) is 10.9 Å². The van der Waals surface area contributed by atoms with E-state index in [2.05, 4.69) is 10.3 Å². The Kier molecular flexibility index (Phi) is 3.90. The molecule has 0 aliphatic heterocycles. The number of aromatic nitrogens is 1. The molecule has 0 saturated heterocycles. The van der Waals surface area contributed by atoms with E-state index >= 15 is 0 Å². The number of carbonyl (C=O) groups excluding carboxylic acids is 1. The standard InChI is InChI=1S/C13H17N3O2S/c1-8(7-19(2)18)16-13(17)11-6-15-12-5-9(14)3-4-10(11)12/h3-6,8,15H,7,14H2,1-2H3,(H,16,17). The molecular weight excluding hydrogens is 262 g/mol. The summed E-state index contributed by atoms with van der Waals surface area (Å²) in [5.74, 6) is 0.273. The van der Waals surface area contributed by atoms with Crippen LogP contribution < -0.4 is 11.1 Å². The number of hydrogen-bond acceptors (Lipinski definition) is 3. The zero-order valence-corrected chi connectivity index (χ0v) is 11.7. The zero-order valence-electron chi connectivity index (χ0n) is 10.9. The smallest absolute Gasteiger partial charge is 0.253 e. The van der Waals surface area contributed by atoms with Gasteiger partial charge in [0.1, 0.15) is 0 Å². The van der Waals surface area contributed by atoms with Crippen molar-refractivity contribution in [3.05, 3.63) is 30.0 Å². The van der Waals surface area contributed by atoms with Gasteiger partial charge in [0.05, 0.1) is 5.56 Å². The van der Waals surface area contributed by atoms with Crippen LogP contribution in [0.4, 0.5) is 5.69 Å². The number of amides is 1. The minimum absolute atomic E-state index is 0.128. The fourth-order valence-electron chi connectivity index (χ4n) is 2.03. The molecule has 2 rings (SSSR count). The van der Waals surface area contributed by atoms with E-state index in [-0.39, 0.29) is 11.9 Å². The number of carbonyl (C=O) groups is 1. The molecule has 0 saturated carbocycles. The van der Waals surface area contributed by atoms with E-state index in [0.29, 0.717) is 17.0 Å². The number of hydrogen-bond donors (Lipinski definition) is 3. The average molecular weight is 279 g/mol. The molecule has 2 atom stereocenters. The molecular formula is C13H17N3O2S. The van der Waals surface area contributed by atoms with Crippen LogP contribution in [0.3, 0.4) is 0 Å². The predicted molar refractivity (Wildman–Crippen MR) is 78.6 cm³/mol. The third-order valence-corrected chi connectivity index (χ3v) is 3.78. The van der Waals surface area contributed by atoms with Crippen molar-refractivity contribution in [1.29, 1.82) is 0 Å². The molecule has 1 heterocycles. The quantitative estimate of drug-likeness (QED) is 0.736. The maximum Gasteiger partial charge on any atom is 0.253 e. The second kappa shape index (κ2) is 5.44. The second-order valence-electron chi connectivity index (χ2n) is 4.62. The monoisotopic (exact) mass is 279 g/mol. The van der Waals surface area contributed by atoms with Crippen LogP contribution in [0, 0.1) is 0 Å². The molecule has 1 amide bonds. The van der Waals surface area contributed by atoms with Crippen molar-refractivity contribution in [2.45, 2.75) is 13.0 Å². The molecule has 19 heavy (non-hydrogen) atoms. The first-order valence-corrected chi connectivity index (χ1v) is 7.67. The lowest BCUT2D eigenvalue weighted by Gasteiger charge is -2.11. The third-order valence-electron chi connectivity index (χ3n) is 2.81. The summed E-state index contributed by atoms with van der Waals surface area (Å²) in [5.41, 5.74) is 7.74. The highest BCUT2D eigenvalue weighted by Gasteiger charge is 2.14. The van der Waals surface area contributed by atoms with Gasteiger partial charge in [-0.15, -0.1) is 0 Å². The summed E-state index contributed by atoms with van der Waals surface area (Å²) < 4.78 is 11.1. The maximum atomic E-state index is 12.1. The van der Waals surface area contributed by atoms with Crippen molar-refractivity contribution in [1.82, 2.24) is 10.3 Å². The topological polar surface area (TPSA) is 88.0 Å². The highest BCUT2D eigenvalue weighted by Crippen LogP contribution is 2.20. The fourth-order valence-corrected chi connectivity index (χ4v) is 2.81. The Hall–Kier alpha value is -1.82. The Morgan fingerprint density at radius 3 is 2.95 bits per heavy atom. The summed E-state index contributed by atoms with van der Waals surface area (Å²) in [7, 11) is -0.928. The number of benzene rings is 1. The van der Waals surface area contributed by atoms with Gasteiger partial charge in [0.2, 0.25) is 0 Å². The van der Waals surface area contributed by atoms with E-state index in [1.165, 1.54) is 0 Å². The number of aromatic amines is 1. The molecule has 0 aliphatic rings. The van der Waals surface area contributed by atoms with Gasteiger partial charge in [-0.1, -0.05) is 0 Å². The second-order valence-corrected chi connectivity index (χ2v) is 6.10. The largest absolute Gasteiger partial charge is 0.399 e. The number of fused-ring (bicyclic) bond motifs is 1. The Morgan fingerprint density at radius 2 is 2.26 bits per heavy atom. The molecule has 2 aromatic rings. The summed E-state index contributed by atoms with van der Waals surface area (Å²) >= 11 is 0. The Bertz CT molecular complexity index is 636. The summed E-state index contributed by atoms with van der Waals surface area (Å²) in [6.07, 6.45) is 3.28. The highest BCUT2D eigenvalue weighted by molar-refractivity contribution is 7.84. The Balaban J connectivity index is 2.20. The number of rotatable bonds is 4. The van der Waals surface area contributed by atoms with Crippen molar-refractivity contribution < 1.29 is 9.00 Å². The van der Waals surface area contributed by atoms with Crippen molar-refractivity contribution in [2.75, 3.05) is 17.7 Å². The molecule has 0 aliphatic carbocycles. The van der Waals surface area contributed by atoms with Crippen LogP contribution in [0.5, 0.6) is 0 Å². The fraction of sp³-hybridized carbons (Fsp3) is 0.308. The molecule has 0 radical (unpaired) electrons. The molecule has 1 aromatic heterocycles. The van der Waals surface area contributed by atoms with Gasteiger partial charge < -0.3 is 16.0 Å². The molecule has 0 fully saturated rings. The van der Waals surface area contributed by atoms with Gasteiger partial charge in [-0.2, -0.15) is 0 Å². The Labute approximate surface area is 114 Å². The van der Waals surface area contributed by atoms with Gasteiger partial charge in [0, 0.05) is 51.6 Å². The minimum Gasteiger partial charge on any atom is -0.399 e. The molecule has 0 bridgehead atoms.